The number of methoxy groups -OCH3 is 2. The molecule has 23 heavy (non-hydrogen) atoms. The fourth-order valence-electron chi connectivity index (χ4n) is 3.14. The first kappa shape index (κ1) is 14.1. The number of nitrogens with zero attached hydrogens (tertiary/aromatic N) is 1. The molecule has 4 nitrogen and oxygen atoms in total. The number of fused-ring (bicyclic) bond motifs is 3. The van der Waals surface area contributed by atoms with Crippen molar-refractivity contribution < 1.29 is 9.47 Å². The topological polar surface area (TPSA) is 57.4 Å². The van der Waals surface area contributed by atoms with Crippen molar-refractivity contribution in [2.45, 2.75) is 6.42 Å². The van der Waals surface area contributed by atoms with Crippen LogP contribution in [0.25, 0.3) is 22.4 Å². The highest BCUT2D eigenvalue weighted by Crippen LogP contribution is 2.47. The standard InChI is InChI=1S/C18H16N2O2S/c1-21-11-5-3-10(4-6-11)16-13-9-15-17(20-18(19)23-15)12(13)7-8-14(16)22-2/h3-8H,9H2,1-2H3,(H2,19,20). The highest BCUT2D eigenvalue weighted by Gasteiger charge is 2.27. The number of aromatic nitrogens is 1. The summed E-state index contributed by atoms with van der Waals surface area (Å²) in [6.07, 6.45) is 0.845. The van der Waals surface area contributed by atoms with Crippen LogP contribution in [-0.2, 0) is 6.42 Å². The monoisotopic (exact) mass is 324 g/mol. The summed E-state index contributed by atoms with van der Waals surface area (Å²) in [6.45, 7) is 0. The Morgan fingerprint density at radius 3 is 2.52 bits per heavy atom. The Labute approximate surface area is 138 Å². The first-order valence-electron chi connectivity index (χ1n) is 7.31. The number of hydrogen-bond donors (Lipinski definition) is 1. The van der Waals surface area contributed by atoms with Crippen LogP contribution in [0, 0.1) is 0 Å². The van der Waals surface area contributed by atoms with Crippen LogP contribution in [0.15, 0.2) is 36.4 Å². The number of hydrogen-bond acceptors (Lipinski definition) is 5. The van der Waals surface area contributed by atoms with Crippen molar-refractivity contribution in [3.05, 3.63) is 46.8 Å². The van der Waals surface area contributed by atoms with Gasteiger partial charge < -0.3 is 15.2 Å². The van der Waals surface area contributed by atoms with E-state index in [-0.39, 0.29) is 0 Å². The molecule has 0 bridgehead atoms. The zero-order chi connectivity index (χ0) is 16.0. The second kappa shape index (κ2) is 5.28. The van der Waals surface area contributed by atoms with E-state index in [0.717, 1.165) is 40.3 Å². The number of benzene rings is 2. The summed E-state index contributed by atoms with van der Waals surface area (Å²) >= 11 is 1.56. The van der Waals surface area contributed by atoms with Crippen molar-refractivity contribution in [1.82, 2.24) is 4.98 Å². The van der Waals surface area contributed by atoms with Crippen molar-refractivity contribution in [3.63, 3.8) is 0 Å². The minimum atomic E-state index is 0.627. The minimum Gasteiger partial charge on any atom is -0.497 e. The molecule has 4 rings (SSSR count). The molecule has 2 aromatic carbocycles. The van der Waals surface area contributed by atoms with Gasteiger partial charge in [0.2, 0.25) is 0 Å². The van der Waals surface area contributed by atoms with Gasteiger partial charge in [-0.1, -0.05) is 12.1 Å². The molecule has 2 N–H and O–H groups in total. The Hall–Kier alpha value is -2.53. The molecule has 1 aliphatic rings. The Morgan fingerprint density at radius 2 is 1.83 bits per heavy atom. The average Bonchev–Trinajstić information content (AvgIpc) is 3.09. The van der Waals surface area contributed by atoms with Crippen molar-refractivity contribution in [2.75, 3.05) is 20.0 Å². The van der Waals surface area contributed by atoms with E-state index < -0.39 is 0 Å². The third kappa shape index (κ3) is 2.16. The van der Waals surface area contributed by atoms with E-state index in [2.05, 4.69) is 23.2 Å². The SMILES string of the molecule is COc1ccc(-c2c(OC)ccc3c2Cc2sc(N)nc2-3)cc1. The molecule has 0 spiro atoms. The van der Waals surface area contributed by atoms with Crippen LogP contribution in [-0.4, -0.2) is 19.2 Å². The van der Waals surface area contributed by atoms with Gasteiger partial charge in [-0.15, -0.1) is 11.3 Å². The van der Waals surface area contributed by atoms with Gasteiger partial charge in [0.25, 0.3) is 0 Å². The van der Waals surface area contributed by atoms with E-state index in [1.807, 2.05) is 18.2 Å². The second-order valence-corrected chi connectivity index (χ2v) is 6.51. The maximum atomic E-state index is 5.85. The molecule has 0 aliphatic heterocycles. The largest absolute Gasteiger partial charge is 0.497 e. The summed E-state index contributed by atoms with van der Waals surface area (Å²) in [6, 6.07) is 12.1. The van der Waals surface area contributed by atoms with E-state index in [9.17, 15) is 0 Å². The number of thiazole rings is 1. The number of nitrogens with two attached hydrogens (primary N) is 1. The lowest BCUT2D eigenvalue weighted by Crippen LogP contribution is -1.95. The van der Waals surface area contributed by atoms with Crippen molar-refractivity contribution >= 4 is 16.5 Å². The van der Waals surface area contributed by atoms with Crippen molar-refractivity contribution in [1.29, 1.82) is 0 Å². The fraction of sp³-hybridized carbons (Fsp3) is 0.167. The summed E-state index contributed by atoms with van der Waals surface area (Å²) < 4.78 is 10.9. The molecule has 0 saturated carbocycles. The molecule has 0 amide bonds. The molecule has 0 unspecified atom stereocenters. The fourth-order valence-corrected chi connectivity index (χ4v) is 3.99. The predicted molar refractivity (Wildman–Crippen MR) is 93.3 cm³/mol. The van der Waals surface area contributed by atoms with Crippen LogP contribution in [0.2, 0.25) is 0 Å². The smallest absolute Gasteiger partial charge is 0.180 e. The third-order valence-corrected chi connectivity index (χ3v) is 5.06. The van der Waals surface area contributed by atoms with Gasteiger partial charge in [0, 0.05) is 22.4 Å². The summed E-state index contributed by atoms with van der Waals surface area (Å²) in [4.78, 5) is 5.71. The van der Waals surface area contributed by atoms with Crippen LogP contribution in [0.3, 0.4) is 0 Å². The minimum absolute atomic E-state index is 0.627. The second-order valence-electron chi connectivity index (χ2n) is 5.40. The molecule has 0 radical (unpaired) electrons. The van der Waals surface area contributed by atoms with Gasteiger partial charge >= 0.3 is 0 Å². The van der Waals surface area contributed by atoms with E-state index in [0.29, 0.717) is 5.13 Å². The normalized spacial score (nSPS) is 11.9. The van der Waals surface area contributed by atoms with Gasteiger partial charge in [-0.05, 0) is 35.4 Å². The lowest BCUT2D eigenvalue weighted by atomic mass is 9.95. The van der Waals surface area contributed by atoms with Gasteiger partial charge in [0.1, 0.15) is 11.5 Å². The molecule has 116 valence electrons. The molecule has 0 fully saturated rings. The molecule has 1 heterocycles. The van der Waals surface area contributed by atoms with Gasteiger partial charge in [0.15, 0.2) is 5.13 Å². The van der Waals surface area contributed by atoms with E-state index in [4.69, 9.17) is 15.2 Å². The van der Waals surface area contributed by atoms with Crippen LogP contribution in [0.5, 0.6) is 11.5 Å². The van der Waals surface area contributed by atoms with E-state index in [1.165, 1.54) is 10.4 Å². The Kier molecular flexibility index (Phi) is 3.23. The van der Waals surface area contributed by atoms with Crippen LogP contribution in [0.1, 0.15) is 10.4 Å². The molecular weight excluding hydrogens is 308 g/mol. The molecule has 1 aliphatic carbocycles. The highest BCUT2D eigenvalue weighted by molar-refractivity contribution is 7.15. The summed E-state index contributed by atoms with van der Waals surface area (Å²) in [5, 5.41) is 0.627. The molecule has 0 saturated heterocycles. The maximum absolute atomic E-state index is 5.85. The molecule has 5 heteroatoms. The van der Waals surface area contributed by atoms with Crippen LogP contribution in [0.4, 0.5) is 5.13 Å². The summed E-state index contributed by atoms with van der Waals surface area (Å²) in [5.74, 6) is 1.71. The zero-order valence-electron chi connectivity index (χ0n) is 12.9. The maximum Gasteiger partial charge on any atom is 0.180 e. The van der Waals surface area contributed by atoms with Gasteiger partial charge in [0.05, 0.1) is 19.9 Å². The Morgan fingerprint density at radius 1 is 1.04 bits per heavy atom. The zero-order valence-corrected chi connectivity index (χ0v) is 13.7. The molecule has 0 atom stereocenters. The lowest BCUT2D eigenvalue weighted by Gasteiger charge is -2.14. The first-order valence-corrected chi connectivity index (χ1v) is 8.12. The quantitative estimate of drug-likeness (QED) is 0.619. The van der Waals surface area contributed by atoms with Crippen molar-refractivity contribution in [2.24, 2.45) is 0 Å². The molecular formula is C18H16N2O2S. The number of rotatable bonds is 3. The molecule has 3 aromatic rings. The number of anilines is 1. The Balaban J connectivity index is 1.91. The van der Waals surface area contributed by atoms with Gasteiger partial charge in [-0.25, -0.2) is 4.98 Å². The first-order chi connectivity index (χ1) is 11.2. The molecule has 1 aromatic heterocycles. The van der Waals surface area contributed by atoms with Crippen LogP contribution >= 0.6 is 11.3 Å². The third-order valence-electron chi connectivity index (χ3n) is 4.18. The number of nitrogen functional groups attached to an aromatic ring is 1. The van der Waals surface area contributed by atoms with E-state index in [1.54, 1.807) is 25.6 Å². The van der Waals surface area contributed by atoms with Crippen molar-refractivity contribution in [3.8, 4) is 33.9 Å². The summed E-state index contributed by atoms with van der Waals surface area (Å²) in [5.41, 5.74) is 11.5. The average molecular weight is 324 g/mol. The summed E-state index contributed by atoms with van der Waals surface area (Å²) in [7, 11) is 3.37. The van der Waals surface area contributed by atoms with Crippen LogP contribution < -0.4 is 15.2 Å². The highest BCUT2D eigenvalue weighted by atomic mass is 32.1. The van der Waals surface area contributed by atoms with E-state index >= 15 is 0 Å². The van der Waals surface area contributed by atoms with Gasteiger partial charge in [-0.2, -0.15) is 0 Å². The Bertz CT molecular complexity index is 885. The lowest BCUT2D eigenvalue weighted by molar-refractivity contribution is 0.414. The predicted octanol–water partition coefficient (Wildman–Crippen LogP) is 3.98. The number of ether oxygens (including phenoxy) is 2. The van der Waals surface area contributed by atoms with Gasteiger partial charge in [-0.3, -0.25) is 0 Å².